The number of unbranched alkanes of at least 4 members (excludes halogenated alkanes) is 1. The number of hydrogen-bond acceptors (Lipinski definition) is 11. The molecule has 0 amide bonds. The summed E-state index contributed by atoms with van der Waals surface area (Å²) in [5, 5.41) is 68.6. The lowest BCUT2D eigenvalue weighted by atomic mass is 9.99. The SMILES string of the molecule is CCCCO[C@]1(CO)O[C@H](CO[C@H]2O[C@H](CO)[C@@H](O)[C@H](O)[C@H]2O)[C@@H](O)[C@@H]1O. The number of ether oxygens (including phenoxy) is 4. The van der Waals surface area contributed by atoms with Gasteiger partial charge in [-0.15, -0.1) is 0 Å². The van der Waals surface area contributed by atoms with Crippen molar-refractivity contribution in [3.05, 3.63) is 0 Å². The Balaban J connectivity index is 1.96. The summed E-state index contributed by atoms with van der Waals surface area (Å²) < 4.78 is 21.5. The van der Waals surface area contributed by atoms with Crippen LogP contribution < -0.4 is 0 Å². The number of aliphatic hydroxyl groups excluding tert-OH is 7. The largest absolute Gasteiger partial charge is 0.394 e. The van der Waals surface area contributed by atoms with E-state index < -0.39 is 68.0 Å². The fourth-order valence-corrected chi connectivity index (χ4v) is 3.07. The molecule has 0 bridgehead atoms. The van der Waals surface area contributed by atoms with Gasteiger partial charge in [0.15, 0.2) is 6.29 Å². The average molecular weight is 398 g/mol. The van der Waals surface area contributed by atoms with Gasteiger partial charge in [-0.1, -0.05) is 13.3 Å². The molecule has 0 spiro atoms. The Hall–Kier alpha value is -0.440. The minimum atomic E-state index is -1.79. The molecule has 2 rings (SSSR count). The van der Waals surface area contributed by atoms with Gasteiger partial charge in [0, 0.05) is 0 Å². The van der Waals surface area contributed by atoms with Gasteiger partial charge in [0.05, 0.1) is 19.8 Å². The third-order valence-corrected chi connectivity index (χ3v) is 4.84. The first-order chi connectivity index (χ1) is 12.8. The van der Waals surface area contributed by atoms with Crippen LogP contribution in [0.5, 0.6) is 0 Å². The molecule has 0 aromatic heterocycles. The Labute approximate surface area is 156 Å². The summed E-state index contributed by atoms with van der Waals surface area (Å²) in [5.74, 6) is -1.79. The van der Waals surface area contributed by atoms with Gasteiger partial charge in [0.1, 0.15) is 49.3 Å². The van der Waals surface area contributed by atoms with Crippen LogP contribution in [0.25, 0.3) is 0 Å². The van der Waals surface area contributed by atoms with Gasteiger partial charge in [0.25, 0.3) is 0 Å². The predicted molar refractivity (Wildman–Crippen MR) is 87.3 cm³/mol. The second-order valence-electron chi connectivity index (χ2n) is 6.79. The highest BCUT2D eigenvalue weighted by atomic mass is 16.8. The molecular weight excluding hydrogens is 368 g/mol. The molecule has 2 saturated heterocycles. The van der Waals surface area contributed by atoms with Crippen molar-refractivity contribution in [2.75, 3.05) is 26.4 Å². The molecule has 11 nitrogen and oxygen atoms in total. The molecule has 0 aliphatic carbocycles. The topological polar surface area (TPSA) is 179 Å². The monoisotopic (exact) mass is 398 g/mol. The summed E-state index contributed by atoms with van der Waals surface area (Å²) in [7, 11) is 0. The number of rotatable bonds is 9. The molecule has 9 atom stereocenters. The van der Waals surface area contributed by atoms with Crippen molar-refractivity contribution in [1.82, 2.24) is 0 Å². The van der Waals surface area contributed by atoms with Crippen LogP contribution in [-0.4, -0.2) is 117 Å². The molecule has 11 heteroatoms. The molecule has 27 heavy (non-hydrogen) atoms. The van der Waals surface area contributed by atoms with Crippen molar-refractivity contribution in [2.24, 2.45) is 0 Å². The van der Waals surface area contributed by atoms with Gasteiger partial charge >= 0.3 is 0 Å². The highest BCUT2D eigenvalue weighted by molar-refractivity contribution is 4.97. The fraction of sp³-hybridized carbons (Fsp3) is 1.00. The maximum Gasteiger partial charge on any atom is 0.221 e. The first-order valence-corrected chi connectivity index (χ1v) is 9.02. The molecule has 0 radical (unpaired) electrons. The van der Waals surface area contributed by atoms with E-state index in [4.69, 9.17) is 24.1 Å². The molecule has 160 valence electrons. The Kier molecular flexibility index (Phi) is 8.34. The van der Waals surface area contributed by atoms with Gasteiger partial charge in [-0.2, -0.15) is 0 Å². The van der Waals surface area contributed by atoms with Gasteiger partial charge in [0.2, 0.25) is 5.79 Å². The minimum Gasteiger partial charge on any atom is -0.394 e. The summed E-state index contributed by atoms with van der Waals surface area (Å²) in [5.41, 5.74) is 0. The lowest BCUT2D eigenvalue weighted by Gasteiger charge is -2.39. The molecule has 0 aromatic rings. The maximum absolute atomic E-state index is 10.2. The Morgan fingerprint density at radius 2 is 1.63 bits per heavy atom. The zero-order valence-corrected chi connectivity index (χ0v) is 15.1. The van der Waals surface area contributed by atoms with E-state index in [0.717, 1.165) is 6.42 Å². The molecule has 2 fully saturated rings. The highest BCUT2D eigenvalue weighted by Crippen LogP contribution is 2.33. The van der Waals surface area contributed by atoms with Crippen LogP contribution >= 0.6 is 0 Å². The molecule has 0 unspecified atom stereocenters. The molecule has 2 heterocycles. The summed E-state index contributed by atoms with van der Waals surface area (Å²) >= 11 is 0. The number of hydrogen-bond donors (Lipinski definition) is 7. The van der Waals surface area contributed by atoms with E-state index in [0.29, 0.717) is 6.42 Å². The van der Waals surface area contributed by atoms with E-state index in [1.807, 2.05) is 6.92 Å². The van der Waals surface area contributed by atoms with E-state index in [2.05, 4.69) is 0 Å². The molecule has 7 N–H and O–H groups in total. The standard InChI is InChI=1S/C16H30O11/c1-2-3-4-25-16(7-18)14(23)11(20)9(27-16)6-24-15-13(22)12(21)10(19)8(5-17)26-15/h8-15,17-23H,2-7H2,1H3/t8-,9-,10-,11-,12+,13-,14+,15+,16-/m1/s1. The zero-order valence-electron chi connectivity index (χ0n) is 15.1. The summed E-state index contributed by atoms with van der Waals surface area (Å²) in [6.45, 7) is 0.476. The van der Waals surface area contributed by atoms with Crippen molar-refractivity contribution in [2.45, 2.75) is 74.6 Å². The predicted octanol–water partition coefficient (Wildman–Crippen LogP) is -3.57. The normalized spacial score (nSPS) is 45.3. The van der Waals surface area contributed by atoms with E-state index in [1.165, 1.54) is 0 Å². The zero-order chi connectivity index (χ0) is 20.2. The molecule has 2 aliphatic heterocycles. The Morgan fingerprint density at radius 3 is 2.22 bits per heavy atom. The second-order valence-corrected chi connectivity index (χ2v) is 6.79. The maximum atomic E-state index is 10.2. The van der Waals surface area contributed by atoms with Gasteiger partial charge in [-0.25, -0.2) is 0 Å². The van der Waals surface area contributed by atoms with Crippen LogP contribution in [0.15, 0.2) is 0 Å². The summed E-state index contributed by atoms with van der Waals surface area (Å²) in [6.07, 6.45) is -9.85. The van der Waals surface area contributed by atoms with Crippen LogP contribution in [-0.2, 0) is 18.9 Å². The molecule has 0 aromatic carbocycles. The van der Waals surface area contributed by atoms with Crippen molar-refractivity contribution in [3.8, 4) is 0 Å². The van der Waals surface area contributed by atoms with Crippen LogP contribution in [0.2, 0.25) is 0 Å². The third kappa shape index (κ3) is 4.77. The first-order valence-electron chi connectivity index (χ1n) is 9.02. The lowest BCUT2D eigenvalue weighted by molar-refractivity contribution is -0.313. The first kappa shape index (κ1) is 22.8. The summed E-state index contributed by atoms with van der Waals surface area (Å²) in [6, 6.07) is 0. The van der Waals surface area contributed by atoms with Crippen LogP contribution in [0, 0.1) is 0 Å². The van der Waals surface area contributed by atoms with Gasteiger partial charge in [-0.05, 0) is 6.42 Å². The van der Waals surface area contributed by atoms with Crippen molar-refractivity contribution >= 4 is 0 Å². The Bertz CT molecular complexity index is 450. The Morgan fingerprint density at radius 1 is 0.926 bits per heavy atom. The van der Waals surface area contributed by atoms with Gasteiger partial charge in [-0.3, -0.25) is 0 Å². The van der Waals surface area contributed by atoms with E-state index in [9.17, 15) is 30.6 Å². The molecular formula is C16H30O11. The number of aliphatic hydroxyl groups is 7. The second kappa shape index (κ2) is 9.85. The van der Waals surface area contributed by atoms with Crippen LogP contribution in [0.3, 0.4) is 0 Å². The highest BCUT2D eigenvalue weighted by Gasteiger charge is 2.55. The van der Waals surface area contributed by atoms with Crippen LogP contribution in [0.4, 0.5) is 0 Å². The average Bonchev–Trinajstić information content (AvgIpc) is 2.91. The summed E-state index contributed by atoms with van der Waals surface area (Å²) in [4.78, 5) is 0. The van der Waals surface area contributed by atoms with Crippen molar-refractivity contribution in [3.63, 3.8) is 0 Å². The fourth-order valence-electron chi connectivity index (χ4n) is 3.07. The molecule has 2 aliphatic rings. The lowest BCUT2D eigenvalue weighted by Crippen LogP contribution is -2.59. The molecule has 0 saturated carbocycles. The van der Waals surface area contributed by atoms with Gasteiger partial charge < -0.3 is 54.7 Å². The van der Waals surface area contributed by atoms with E-state index >= 15 is 0 Å². The van der Waals surface area contributed by atoms with Crippen LogP contribution in [0.1, 0.15) is 19.8 Å². The van der Waals surface area contributed by atoms with E-state index in [-0.39, 0.29) is 13.2 Å². The van der Waals surface area contributed by atoms with E-state index in [1.54, 1.807) is 0 Å². The van der Waals surface area contributed by atoms with Crippen molar-refractivity contribution in [1.29, 1.82) is 0 Å². The third-order valence-electron chi connectivity index (χ3n) is 4.84. The smallest absolute Gasteiger partial charge is 0.221 e. The minimum absolute atomic E-state index is 0.209. The quantitative estimate of drug-likeness (QED) is 0.191. The van der Waals surface area contributed by atoms with Crippen molar-refractivity contribution < 1.29 is 54.7 Å².